The van der Waals surface area contributed by atoms with Gasteiger partial charge in [-0.05, 0) is 43.7 Å². The van der Waals surface area contributed by atoms with Gasteiger partial charge in [0, 0.05) is 30.9 Å². The molecule has 6 rings (SSSR count). The molecular weight excluding hydrogens is 414 g/mol. The fraction of sp³-hybridized carbons (Fsp3) is 0.654. The first kappa shape index (κ1) is 22.4. The van der Waals surface area contributed by atoms with E-state index in [9.17, 15) is 4.79 Å². The molecule has 1 aromatic carbocycles. The molecule has 4 fully saturated rings. The summed E-state index contributed by atoms with van der Waals surface area (Å²) in [5.74, 6) is 2.30. The summed E-state index contributed by atoms with van der Waals surface area (Å²) >= 11 is 0. The number of amides is 1. The van der Waals surface area contributed by atoms with Crippen LogP contribution in [0.2, 0.25) is 0 Å². The second kappa shape index (κ2) is 10.2. The molecule has 4 aliphatic rings. The van der Waals surface area contributed by atoms with Crippen LogP contribution in [0.4, 0.5) is 0 Å². The number of ether oxygens (including phenoxy) is 1. The average Bonchev–Trinajstić information content (AvgIpc) is 3.30. The molecular formula is C26H37N5O2. The Labute approximate surface area is 196 Å². The Kier molecular flexibility index (Phi) is 6.95. The van der Waals surface area contributed by atoms with Crippen molar-refractivity contribution >= 4 is 5.91 Å². The van der Waals surface area contributed by atoms with Gasteiger partial charge < -0.3 is 10.1 Å². The molecule has 0 radical (unpaired) electrons. The standard InChI is InChI=1S/C26H37N5O2/c1-33-25-10-6-5-9-21(25)15-27-26(32)24-18-30-12-11-20(24)14-23(30)17-31-16-22(28-29-31)13-19-7-3-2-4-8-19/h5-6,9-10,16,19-20,23-24H,2-4,7-8,11-15,17-18H2,1H3,(H,27,32)/t20-,23-,24-/m1/s1. The number of hydrogen-bond donors (Lipinski definition) is 1. The zero-order chi connectivity index (χ0) is 22.6. The van der Waals surface area contributed by atoms with Crippen molar-refractivity contribution in [1.29, 1.82) is 0 Å². The minimum atomic E-state index is 0.0716. The van der Waals surface area contributed by atoms with Gasteiger partial charge >= 0.3 is 0 Å². The van der Waals surface area contributed by atoms with Crippen molar-refractivity contribution in [2.24, 2.45) is 17.8 Å². The summed E-state index contributed by atoms with van der Waals surface area (Å²) in [6.45, 7) is 3.31. The van der Waals surface area contributed by atoms with Gasteiger partial charge in [-0.15, -0.1) is 5.10 Å². The van der Waals surface area contributed by atoms with E-state index in [0.29, 0.717) is 18.5 Å². The highest BCUT2D eigenvalue weighted by Gasteiger charge is 2.43. The molecule has 1 aliphatic carbocycles. The van der Waals surface area contributed by atoms with Crippen LogP contribution in [-0.4, -0.2) is 52.0 Å². The van der Waals surface area contributed by atoms with Gasteiger partial charge in [0.25, 0.3) is 0 Å². The summed E-state index contributed by atoms with van der Waals surface area (Å²) in [5.41, 5.74) is 2.16. The Morgan fingerprint density at radius 2 is 2.03 bits per heavy atom. The third-order valence-electron chi connectivity index (χ3n) is 8.07. The molecule has 7 heteroatoms. The molecule has 33 heavy (non-hydrogen) atoms. The van der Waals surface area contributed by atoms with Gasteiger partial charge in [0.2, 0.25) is 5.91 Å². The summed E-state index contributed by atoms with van der Waals surface area (Å²) in [6.07, 6.45) is 12.2. The zero-order valence-electron chi connectivity index (χ0n) is 19.8. The summed E-state index contributed by atoms with van der Waals surface area (Å²) in [4.78, 5) is 15.5. The highest BCUT2D eigenvalue weighted by Crippen LogP contribution is 2.37. The first-order chi connectivity index (χ1) is 16.2. The first-order valence-corrected chi connectivity index (χ1v) is 12.7. The molecule has 0 spiro atoms. The number of carbonyl (C=O) groups is 1. The molecule has 1 aromatic heterocycles. The lowest BCUT2D eigenvalue weighted by molar-refractivity contribution is -0.133. The summed E-state index contributed by atoms with van der Waals surface area (Å²) in [5, 5.41) is 12.1. The third kappa shape index (κ3) is 5.24. The smallest absolute Gasteiger partial charge is 0.224 e. The Balaban J connectivity index is 1.13. The Morgan fingerprint density at radius 1 is 1.18 bits per heavy atom. The number of fused-ring (bicyclic) bond motifs is 3. The molecule has 2 bridgehead atoms. The molecule has 7 nitrogen and oxygen atoms in total. The molecule has 2 aromatic rings. The van der Waals surface area contributed by atoms with E-state index < -0.39 is 0 Å². The van der Waals surface area contributed by atoms with E-state index in [2.05, 4.69) is 26.7 Å². The quantitative estimate of drug-likeness (QED) is 0.666. The van der Waals surface area contributed by atoms with E-state index in [4.69, 9.17) is 4.74 Å². The predicted molar refractivity (Wildman–Crippen MR) is 127 cm³/mol. The maximum absolute atomic E-state index is 13.0. The van der Waals surface area contributed by atoms with Crippen molar-refractivity contribution < 1.29 is 9.53 Å². The Bertz CT molecular complexity index is 938. The molecule has 3 aliphatic heterocycles. The van der Waals surface area contributed by atoms with Crippen molar-refractivity contribution in [3.63, 3.8) is 0 Å². The van der Waals surface area contributed by atoms with Gasteiger partial charge in [0.15, 0.2) is 0 Å². The van der Waals surface area contributed by atoms with Crippen LogP contribution in [0, 0.1) is 17.8 Å². The van der Waals surface area contributed by atoms with Crippen molar-refractivity contribution in [3.8, 4) is 5.75 Å². The minimum absolute atomic E-state index is 0.0716. The van der Waals surface area contributed by atoms with Crippen LogP contribution < -0.4 is 10.1 Å². The van der Waals surface area contributed by atoms with Crippen molar-refractivity contribution in [2.45, 2.75) is 70.5 Å². The van der Waals surface area contributed by atoms with E-state index >= 15 is 0 Å². The molecule has 1 saturated carbocycles. The molecule has 4 heterocycles. The van der Waals surface area contributed by atoms with Crippen molar-refractivity contribution in [1.82, 2.24) is 25.2 Å². The number of rotatable bonds is 8. The van der Waals surface area contributed by atoms with Gasteiger partial charge in [0.05, 0.1) is 25.3 Å². The third-order valence-corrected chi connectivity index (χ3v) is 8.07. The van der Waals surface area contributed by atoms with Gasteiger partial charge in [-0.3, -0.25) is 14.4 Å². The van der Waals surface area contributed by atoms with Crippen LogP contribution in [0.1, 0.15) is 56.2 Å². The van der Waals surface area contributed by atoms with Crippen LogP contribution in [0.25, 0.3) is 0 Å². The maximum atomic E-state index is 13.0. The van der Waals surface area contributed by atoms with E-state index in [1.807, 2.05) is 28.9 Å². The predicted octanol–water partition coefficient (Wildman–Crippen LogP) is 3.44. The number of aromatic nitrogens is 3. The molecule has 4 atom stereocenters. The largest absolute Gasteiger partial charge is 0.496 e. The van der Waals surface area contributed by atoms with Crippen LogP contribution in [0.5, 0.6) is 5.75 Å². The average molecular weight is 452 g/mol. The molecule has 1 unspecified atom stereocenters. The van der Waals surface area contributed by atoms with E-state index in [0.717, 1.165) is 61.8 Å². The van der Waals surface area contributed by atoms with E-state index in [-0.39, 0.29) is 11.8 Å². The number of carbonyl (C=O) groups excluding carboxylic acids is 1. The molecule has 1 amide bonds. The maximum Gasteiger partial charge on any atom is 0.224 e. The van der Waals surface area contributed by atoms with Gasteiger partial charge in [0.1, 0.15) is 5.75 Å². The normalized spacial score (nSPS) is 27.4. The second-order valence-corrected chi connectivity index (χ2v) is 10.2. The van der Waals surface area contributed by atoms with E-state index in [1.165, 1.54) is 32.1 Å². The molecule has 3 saturated heterocycles. The summed E-state index contributed by atoms with van der Waals surface area (Å²) < 4.78 is 7.46. The Hall–Kier alpha value is -2.41. The second-order valence-electron chi connectivity index (χ2n) is 10.2. The zero-order valence-corrected chi connectivity index (χ0v) is 19.8. The number of piperidine rings is 3. The van der Waals surface area contributed by atoms with Crippen LogP contribution in [0.3, 0.4) is 0 Å². The summed E-state index contributed by atoms with van der Waals surface area (Å²) in [7, 11) is 1.67. The topological polar surface area (TPSA) is 72.3 Å². The lowest BCUT2D eigenvalue weighted by Gasteiger charge is -2.49. The number of methoxy groups -OCH3 is 1. The number of para-hydroxylation sites is 1. The lowest BCUT2D eigenvalue weighted by atomic mass is 9.75. The number of benzene rings is 1. The van der Waals surface area contributed by atoms with Gasteiger partial charge in [-0.2, -0.15) is 0 Å². The van der Waals surface area contributed by atoms with Crippen LogP contribution in [-0.2, 0) is 24.3 Å². The SMILES string of the molecule is COc1ccccc1CNC(=O)[C@@H]1CN2CC[C@@H]1C[C@@H]2Cn1cc(CC2CCCCC2)nn1. The number of nitrogens with zero attached hydrogens (tertiary/aromatic N) is 4. The monoisotopic (exact) mass is 451 g/mol. The fourth-order valence-electron chi connectivity index (χ4n) is 6.21. The number of hydrogen-bond acceptors (Lipinski definition) is 5. The molecule has 178 valence electrons. The highest BCUT2D eigenvalue weighted by atomic mass is 16.5. The van der Waals surface area contributed by atoms with Crippen molar-refractivity contribution in [3.05, 3.63) is 41.7 Å². The van der Waals surface area contributed by atoms with E-state index in [1.54, 1.807) is 7.11 Å². The van der Waals surface area contributed by atoms with Crippen molar-refractivity contribution in [2.75, 3.05) is 20.2 Å². The van der Waals surface area contributed by atoms with Crippen LogP contribution >= 0.6 is 0 Å². The first-order valence-electron chi connectivity index (χ1n) is 12.7. The fourth-order valence-corrected chi connectivity index (χ4v) is 6.21. The van der Waals surface area contributed by atoms with Crippen LogP contribution in [0.15, 0.2) is 30.5 Å². The van der Waals surface area contributed by atoms with Gasteiger partial charge in [-0.25, -0.2) is 0 Å². The van der Waals surface area contributed by atoms with Gasteiger partial charge in [-0.1, -0.05) is 55.5 Å². The highest BCUT2D eigenvalue weighted by molar-refractivity contribution is 5.79. The lowest BCUT2D eigenvalue weighted by Crippen LogP contribution is -2.58. The Morgan fingerprint density at radius 3 is 2.82 bits per heavy atom. The minimum Gasteiger partial charge on any atom is -0.496 e. The summed E-state index contributed by atoms with van der Waals surface area (Å²) in [6, 6.07) is 8.32. The number of nitrogens with one attached hydrogen (secondary N) is 1. The molecule has 1 N–H and O–H groups in total.